The van der Waals surface area contributed by atoms with Gasteiger partial charge in [0.25, 0.3) is 0 Å². The number of hydrogen-bond acceptors (Lipinski definition) is 4. The van der Waals surface area contributed by atoms with Gasteiger partial charge < -0.3 is 10.2 Å². The molecule has 0 amide bonds. The zero-order chi connectivity index (χ0) is 15.3. The lowest BCUT2D eigenvalue weighted by Gasteiger charge is -2.09. The summed E-state index contributed by atoms with van der Waals surface area (Å²) in [7, 11) is 0. The fraction of sp³-hybridized carbons (Fsp3) is 0.375. The maximum atomic E-state index is 14.4. The summed E-state index contributed by atoms with van der Waals surface area (Å²) in [6.45, 7) is 1.12. The predicted octanol–water partition coefficient (Wildman–Crippen LogP) is 1.16. The molecule has 2 N–H and O–H groups in total. The summed E-state index contributed by atoms with van der Waals surface area (Å²) in [4.78, 5) is 8.56. The van der Waals surface area contributed by atoms with Crippen molar-refractivity contribution < 1.29 is 14.6 Å². The average Bonchev–Trinajstić information content (AvgIpc) is 2.79. The molecule has 1 aromatic carbocycles. The zero-order valence-electron chi connectivity index (χ0n) is 12.0. The normalized spacial score (nSPS) is 16.4. The maximum absolute atomic E-state index is 14.4. The number of nitrogens with zero attached hydrogens (tertiary/aromatic N) is 3. The third kappa shape index (κ3) is 1.83. The first-order valence-corrected chi connectivity index (χ1v) is 7.50. The van der Waals surface area contributed by atoms with Crippen LogP contribution in [0, 0.1) is 5.82 Å². The van der Waals surface area contributed by atoms with Crippen molar-refractivity contribution in [2.24, 2.45) is 9.98 Å². The Balaban J connectivity index is 1.99. The SMILES string of the molecule is Oc1c2c(c(O)n1-c1cc3c(cc1F)=NCCN=3)CCCC2. The minimum Gasteiger partial charge on any atom is -0.494 e. The van der Waals surface area contributed by atoms with Crippen molar-refractivity contribution in [2.45, 2.75) is 25.7 Å². The van der Waals surface area contributed by atoms with Gasteiger partial charge in [0.2, 0.25) is 11.8 Å². The second kappa shape index (κ2) is 4.83. The van der Waals surface area contributed by atoms with E-state index in [9.17, 15) is 14.6 Å². The number of rotatable bonds is 1. The Morgan fingerprint density at radius 1 is 0.909 bits per heavy atom. The minimum absolute atomic E-state index is 0.0706. The van der Waals surface area contributed by atoms with Gasteiger partial charge in [-0.1, -0.05) is 0 Å². The van der Waals surface area contributed by atoms with Gasteiger partial charge in [0.05, 0.1) is 29.5 Å². The van der Waals surface area contributed by atoms with Crippen LogP contribution in [0.5, 0.6) is 11.8 Å². The van der Waals surface area contributed by atoms with E-state index < -0.39 is 5.82 Å². The molecule has 0 saturated carbocycles. The van der Waals surface area contributed by atoms with Crippen LogP contribution in [0.2, 0.25) is 0 Å². The van der Waals surface area contributed by atoms with Crippen LogP contribution in [-0.2, 0) is 12.8 Å². The van der Waals surface area contributed by atoms with Gasteiger partial charge in [-0.2, -0.15) is 0 Å². The Hall–Kier alpha value is -2.37. The molecule has 0 atom stereocenters. The summed E-state index contributed by atoms with van der Waals surface area (Å²) in [5.74, 6) is -0.671. The third-order valence-corrected chi connectivity index (χ3v) is 4.38. The molecule has 2 heterocycles. The van der Waals surface area contributed by atoms with E-state index in [4.69, 9.17) is 0 Å². The quantitative estimate of drug-likeness (QED) is 0.830. The van der Waals surface area contributed by atoms with E-state index in [0.717, 1.165) is 24.0 Å². The Bertz CT molecular complexity index is 857. The van der Waals surface area contributed by atoms with Crippen LogP contribution < -0.4 is 10.7 Å². The molecule has 2 aromatic rings. The number of benzene rings is 1. The fourth-order valence-electron chi connectivity index (χ4n) is 3.30. The van der Waals surface area contributed by atoms with Crippen LogP contribution in [0.3, 0.4) is 0 Å². The maximum Gasteiger partial charge on any atom is 0.202 e. The van der Waals surface area contributed by atoms with Crippen molar-refractivity contribution in [1.82, 2.24) is 4.57 Å². The van der Waals surface area contributed by atoms with E-state index in [2.05, 4.69) is 9.98 Å². The fourth-order valence-corrected chi connectivity index (χ4v) is 3.30. The standard InChI is InChI=1S/C16H16FN3O2/c17-11-7-12-13(19-6-5-18-12)8-14(11)20-15(21)9-3-1-2-4-10(9)16(20)22/h7-8,21-22H,1-6H2. The molecule has 114 valence electrons. The van der Waals surface area contributed by atoms with Crippen molar-refractivity contribution >= 4 is 0 Å². The third-order valence-electron chi connectivity index (χ3n) is 4.38. The second-order valence-corrected chi connectivity index (χ2v) is 5.70. The molecular weight excluding hydrogens is 285 g/mol. The molecule has 5 nitrogen and oxygen atoms in total. The molecule has 0 radical (unpaired) electrons. The molecule has 0 fully saturated rings. The number of fused-ring (bicyclic) bond motifs is 2. The van der Waals surface area contributed by atoms with E-state index in [-0.39, 0.29) is 17.4 Å². The van der Waals surface area contributed by atoms with Crippen molar-refractivity contribution in [2.75, 3.05) is 13.1 Å². The summed E-state index contributed by atoms with van der Waals surface area (Å²) in [6.07, 6.45) is 3.33. The van der Waals surface area contributed by atoms with Crippen LogP contribution in [-0.4, -0.2) is 27.9 Å². The zero-order valence-corrected chi connectivity index (χ0v) is 12.0. The number of halogens is 1. The monoisotopic (exact) mass is 301 g/mol. The Morgan fingerprint density at radius 2 is 1.45 bits per heavy atom. The smallest absolute Gasteiger partial charge is 0.202 e. The molecule has 6 heteroatoms. The Labute approximate surface area is 126 Å². The van der Waals surface area contributed by atoms with Crippen LogP contribution in [0.1, 0.15) is 24.0 Å². The molecule has 1 aliphatic carbocycles. The van der Waals surface area contributed by atoms with Crippen molar-refractivity contribution in [3.63, 3.8) is 0 Å². The first-order valence-electron chi connectivity index (χ1n) is 7.50. The topological polar surface area (TPSA) is 70.1 Å². The highest BCUT2D eigenvalue weighted by molar-refractivity contribution is 5.53. The summed E-state index contributed by atoms with van der Waals surface area (Å²) in [5, 5.41) is 21.9. The van der Waals surface area contributed by atoms with Crippen molar-refractivity contribution in [3.05, 3.63) is 39.8 Å². The lowest BCUT2D eigenvalue weighted by atomic mass is 9.95. The van der Waals surface area contributed by atoms with Crippen molar-refractivity contribution in [1.29, 1.82) is 0 Å². The van der Waals surface area contributed by atoms with E-state index in [1.54, 1.807) is 0 Å². The summed E-state index contributed by atoms with van der Waals surface area (Å²) >= 11 is 0. The lowest BCUT2D eigenvalue weighted by Crippen LogP contribution is -2.31. The summed E-state index contributed by atoms with van der Waals surface area (Å²) in [5.41, 5.74) is 1.56. The molecule has 0 spiro atoms. The van der Waals surface area contributed by atoms with Gasteiger partial charge in [0.15, 0.2) is 0 Å². The molecule has 0 unspecified atom stereocenters. The molecule has 4 rings (SSSR count). The van der Waals surface area contributed by atoms with Gasteiger partial charge in [-0.3, -0.25) is 9.98 Å². The number of aromatic hydroxyl groups is 2. The molecular formula is C16H16FN3O2. The Kier molecular flexibility index (Phi) is 2.92. The molecule has 22 heavy (non-hydrogen) atoms. The first kappa shape index (κ1) is 13.3. The van der Waals surface area contributed by atoms with Crippen LogP contribution in [0.25, 0.3) is 5.69 Å². The number of aromatic nitrogens is 1. The Morgan fingerprint density at radius 3 is 2.05 bits per heavy atom. The average molecular weight is 301 g/mol. The van der Waals surface area contributed by atoms with Gasteiger partial charge in [0, 0.05) is 17.2 Å². The van der Waals surface area contributed by atoms with E-state index >= 15 is 0 Å². The summed E-state index contributed by atoms with van der Waals surface area (Å²) < 4.78 is 15.6. The molecule has 0 saturated heterocycles. The number of hydrogen-bond donors (Lipinski definition) is 2. The van der Waals surface area contributed by atoms with Crippen molar-refractivity contribution in [3.8, 4) is 17.4 Å². The van der Waals surface area contributed by atoms with Gasteiger partial charge >= 0.3 is 0 Å². The first-order chi connectivity index (χ1) is 10.7. The summed E-state index contributed by atoms with van der Waals surface area (Å²) in [6, 6.07) is 2.85. The van der Waals surface area contributed by atoms with Gasteiger partial charge in [-0.25, -0.2) is 8.96 Å². The largest absolute Gasteiger partial charge is 0.494 e. The van der Waals surface area contributed by atoms with Crippen LogP contribution in [0.15, 0.2) is 22.1 Å². The van der Waals surface area contributed by atoms with Gasteiger partial charge in [0.1, 0.15) is 5.82 Å². The van der Waals surface area contributed by atoms with E-state index in [1.165, 1.54) is 16.7 Å². The van der Waals surface area contributed by atoms with Gasteiger partial charge in [-0.05, 0) is 31.7 Å². The second-order valence-electron chi connectivity index (χ2n) is 5.70. The van der Waals surface area contributed by atoms with E-state index in [0.29, 0.717) is 36.6 Å². The molecule has 2 aliphatic rings. The molecule has 1 aliphatic heterocycles. The van der Waals surface area contributed by atoms with Crippen LogP contribution >= 0.6 is 0 Å². The predicted molar refractivity (Wildman–Crippen MR) is 77.7 cm³/mol. The highest BCUT2D eigenvalue weighted by atomic mass is 19.1. The molecule has 0 bridgehead atoms. The highest BCUT2D eigenvalue weighted by Crippen LogP contribution is 2.40. The van der Waals surface area contributed by atoms with E-state index in [1.807, 2.05) is 0 Å². The van der Waals surface area contributed by atoms with Gasteiger partial charge in [-0.15, -0.1) is 0 Å². The lowest BCUT2D eigenvalue weighted by molar-refractivity contribution is 0.396. The van der Waals surface area contributed by atoms with Crippen LogP contribution in [0.4, 0.5) is 4.39 Å². The highest BCUT2D eigenvalue weighted by Gasteiger charge is 2.26. The molecule has 1 aromatic heterocycles. The minimum atomic E-state index is -0.530.